The fourth-order valence-electron chi connectivity index (χ4n) is 1.53. The van der Waals surface area contributed by atoms with Crippen LogP contribution in [0.15, 0.2) is 33.3 Å². The summed E-state index contributed by atoms with van der Waals surface area (Å²) >= 11 is 6.56. The van der Waals surface area contributed by atoms with Gasteiger partial charge < -0.3 is 5.32 Å². The molecule has 0 unspecified atom stereocenters. The van der Waals surface area contributed by atoms with Crippen LogP contribution in [0.25, 0.3) is 0 Å². The van der Waals surface area contributed by atoms with E-state index in [-0.39, 0.29) is 5.82 Å². The molecule has 94 valence electrons. The fraction of sp³-hybridized carbons (Fsp3) is 0.154. The highest BCUT2D eigenvalue weighted by Crippen LogP contribution is 2.27. The Morgan fingerprint density at radius 2 is 1.78 bits per heavy atom. The van der Waals surface area contributed by atoms with Crippen LogP contribution in [0.5, 0.6) is 0 Å². The van der Waals surface area contributed by atoms with Gasteiger partial charge in [-0.25, -0.2) is 9.37 Å². The van der Waals surface area contributed by atoms with E-state index in [9.17, 15) is 4.39 Å². The zero-order valence-corrected chi connectivity index (χ0v) is 13.1. The lowest BCUT2D eigenvalue weighted by molar-refractivity contribution is 0.621. The molecule has 18 heavy (non-hydrogen) atoms. The summed E-state index contributed by atoms with van der Waals surface area (Å²) < 4.78 is 14.9. The van der Waals surface area contributed by atoms with Crippen molar-refractivity contribution < 1.29 is 4.39 Å². The highest BCUT2D eigenvalue weighted by Gasteiger charge is 2.06. The summed E-state index contributed by atoms with van der Waals surface area (Å²) in [5, 5.41) is 3.12. The molecule has 0 fully saturated rings. The number of hydrogen-bond acceptors (Lipinski definition) is 2. The van der Waals surface area contributed by atoms with Gasteiger partial charge in [0.15, 0.2) is 0 Å². The van der Waals surface area contributed by atoms with Crippen molar-refractivity contribution in [2.24, 2.45) is 0 Å². The van der Waals surface area contributed by atoms with E-state index in [4.69, 9.17) is 0 Å². The van der Waals surface area contributed by atoms with E-state index in [1.165, 1.54) is 6.07 Å². The van der Waals surface area contributed by atoms with Gasteiger partial charge in [0.05, 0.1) is 4.47 Å². The number of aromatic nitrogens is 1. The lowest BCUT2D eigenvalue weighted by Crippen LogP contribution is -1.97. The third-order valence-electron chi connectivity index (χ3n) is 2.58. The highest BCUT2D eigenvalue weighted by molar-refractivity contribution is 9.10. The summed E-state index contributed by atoms with van der Waals surface area (Å²) in [6, 6.07) is 5.10. The van der Waals surface area contributed by atoms with E-state index in [0.717, 1.165) is 15.6 Å². The molecule has 0 radical (unpaired) electrons. The first kappa shape index (κ1) is 13.5. The first-order valence-electron chi connectivity index (χ1n) is 5.32. The van der Waals surface area contributed by atoms with Crippen LogP contribution in [0, 0.1) is 19.7 Å². The van der Waals surface area contributed by atoms with Gasteiger partial charge in [0.25, 0.3) is 0 Å². The molecule has 0 saturated heterocycles. The molecule has 0 aliphatic carbocycles. The molecule has 1 N–H and O–H groups in total. The Balaban J connectivity index is 2.34. The molecular formula is C13H11Br2FN2. The zero-order chi connectivity index (χ0) is 13.3. The summed E-state index contributed by atoms with van der Waals surface area (Å²) in [7, 11) is 0. The summed E-state index contributed by atoms with van der Waals surface area (Å²) in [5.41, 5.74) is 2.73. The van der Waals surface area contributed by atoms with E-state index in [2.05, 4.69) is 42.2 Å². The minimum absolute atomic E-state index is 0.295. The fourth-order valence-corrected chi connectivity index (χ4v) is 2.20. The molecular weight excluding hydrogens is 363 g/mol. The van der Waals surface area contributed by atoms with E-state index in [0.29, 0.717) is 16.0 Å². The molecule has 0 saturated carbocycles. The lowest BCUT2D eigenvalue weighted by atomic mass is 10.2. The Labute approximate surface area is 122 Å². The van der Waals surface area contributed by atoms with E-state index in [1.54, 1.807) is 12.3 Å². The molecule has 0 aliphatic heterocycles. The minimum atomic E-state index is -0.295. The molecule has 1 aromatic carbocycles. The number of nitrogens with one attached hydrogen (secondary N) is 1. The number of anilines is 2. The standard InChI is InChI=1S/C13H11Br2FN2/c1-7-4-13(17-6-10(7)15)18-12-5-11(16)9(14)3-8(12)2/h3-6H,1-2H3,(H,17,18). The van der Waals surface area contributed by atoms with Crippen LogP contribution in [0.3, 0.4) is 0 Å². The zero-order valence-electron chi connectivity index (χ0n) is 9.89. The molecule has 2 aromatic rings. The highest BCUT2D eigenvalue weighted by atomic mass is 79.9. The van der Waals surface area contributed by atoms with Gasteiger partial charge in [-0.05, 0) is 75.0 Å². The van der Waals surface area contributed by atoms with Gasteiger partial charge in [0.2, 0.25) is 0 Å². The number of benzene rings is 1. The van der Waals surface area contributed by atoms with E-state index >= 15 is 0 Å². The Bertz CT molecular complexity index is 600. The molecule has 5 heteroatoms. The molecule has 0 atom stereocenters. The van der Waals surface area contributed by atoms with Crippen LogP contribution in [0.1, 0.15) is 11.1 Å². The third-order valence-corrected chi connectivity index (χ3v) is 4.01. The first-order chi connectivity index (χ1) is 8.47. The van der Waals surface area contributed by atoms with Crippen LogP contribution in [-0.2, 0) is 0 Å². The maximum absolute atomic E-state index is 13.5. The molecule has 1 aromatic heterocycles. The monoisotopic (exact) mass is 372 g/mol. The Morgan fingerprint density at radius 1 is 1.06 bits per heavy atom. The Hall–Kier alpha value is -0.940. The van der Waals surface area contributed by atoms with Crippen molar-refractivity contribution >= 4 is 43.4 Å². The second-order valence-corrected chi connectivity index (χ2v) is 5.73. The average Bonchev–Trinajstić information content (AvgIpc) is 2.31. The van der Waals surface area contributed by atoms with Gasteiger partial charge in [-0.15, -0.1) is 0 Å². The van der Waals surface area contributed by atoms with Gasteiger partial charge in [0.1, 0.15) is 11.6 Å². The van der Waals surface area contributed by atoms with Crippen LogP contribution in [0.4, 0.5) is 15.9 Å². The maximum atomic E-state index is 13.5. The van der Waals surface area contributed by atoms with Crippen molar-refractivity contribution in [2.45, 2.75) is 13.8 Å². The maximum Gasteiger partial charge on any atom is 0.139 e. The van der Waals surface area contributed by atoms with Crippen LogP contribution in [-0.4, -0.2) is 4.98 Å². The minimum Gasteiger partial charge on any atom is -0.340 e. The SMILES string of the molecule is Cc1cc(Nc2cc(F)c(Br)cc2C)ncc1Br. The van der Waals surface area contributed by atoms with E-state index in [1.807, 2.05) is 19.9 Å². The number of halogens is 3. The second kappa shape index (κ2) is 5.36. The quantitative estimate of drug-likeness (QED) is 0.791. The topological polar surface area (TPSA) is 24.9 Å². The predicted octanol–water partition coefficient (Wildman–Crippen LogP) is 5.11. The molecule has 0 aliphatic rings. The predicted molar refractivity (Wildman–Crippen MR) is 78.8 cm³/mol. The summed E-state index contributed by atoms with van der Waals surface area (Å²) in [6.45, 7) is 3.89. The van der Waals surface area contributed by atoms with Crippen molar-refractivity contribution in [3.8, 4) is 0 Å². The number of aryl methyl sites for hydroxylation is 2. The number of hydrogen-bond donors (Lipinski definition) is 1. The van der Waals surface area contributed by atoms with Crippen LogP contribution in [0.2, 0.25) is 0 Å². The molecule has 2 rings (SSSR count). The van der Waals surface area contributed by atoms with Gasteiger partial charge in [-0.1, -0.05) is 0 Å². The molecule has 0 amide bonds. The number of rotatable bonds is 2. The number of pyridine rings is 1. The second-order valence-electron chi connectivity index (χ2n) is 4.02. The van der Waals surface area contributed by atoms with Crippen molar-refractivity contribution in [3.05, 3.63) is 50.3 Å². The van der Waals surface area contributed by atoms with Gasteiger partial charge in [-0.3, -0.25) is 0 Å². The van der Waals surface area contributed by atoms with Gasteiger partial charge >= 0.3 is 0 Å². The lowest BCUT2D eigenvalue weighted by Gasteiger charge is -2.10. The Kier molecular flexibility index (Phi) is 4.02. The van der Waals surface area contributed by atoms with Crippen molar-refractivity contribution in [1.82, 2.24) is 4.98 Å². The van der Waals surface area contributed by atoms with Gasteiger partial charge in [-0.2, -0.15) is 0 Å². The summed E-state index contributed by atoms with van der Waals surface area (Å²) in [4.78, 5) is 4.24. The molecule has 1 heterocycles. The third kappa shape index (κ3) is 2.90. The molecule has 2 nitrogen and oxygen atoms in total. The smallest absolute Gasteiger partial charge is 0.139 e. The average molecular weight is 374 g/mol. The van der Waals surface area contributed by atoms with Crippen molar-refractivity contribution in [3.63, 3.8) is 0 Å². The summed E-state index contributed by atoms with van der Waals surface area (Å²) in [6.07, 6.45) is 1.72. The normalized spacial score (nSPS) is 10.5. The summed E-state index contributed by atoms with van der Waals surface area (Å²) in [5.74, 6) is 0.400. The van der Waals surface area contributed by atoms with Crippen LogP contribution >= 0.6 is 31.9 Å². The van der Waals surface area contributed by atoms with Crippen LogP contribution < -0.4 is 5.32 Å². The van der Waals surface area contributed by atoms with Gasteiger partial charge in [0, 0.05) is 16.4 Å². The Morgan fingerprint density at radius 3 is 2.44 bits per heavy atom. The largest absolute Gasteiger partial charge is 0.340 e. The molecule has 0 bridgehead atoms. The van der Waals surface area contributed by atoms with Crippen molar-refractivity contribution in [2.75, 3.05) is 5.32 Å². The number of nitrogens with zero attached hydrogens (tertiary/aromatic N) is 1. The first-order valence-corrected chi connectivity index (χ1v) is 6.91. The van der Waals surface area contributed by atoms with E-state index < -0.39 is 0 Å². The van der Waals surface area contributed by atoms with Crippen molar-refractivity contribution in [1.29, 1.82) is 0 Å². The molecule has 0 spiro atoms.